The number of nitrogens with zero attached hydrogens (tertiary/aromatic N) is 1. The minimum absolute atomic E-state index is 0.0612. The van der Waals surface area contributed by atoms with E-state index < -0.39 is 0 Å². The van der Waals surface area contributed by atoms with Crippen LogP contribution in [0.25, 0.3) is 10.9 Å². The molecule has 26 heavy (non-hydrogen) atoms. The van der Waals surface area contributed by atoms with Crippen LogP contribution in [0.4, 0.5) is 0 Å². The van der Waals surface area contributed by atoms with Crippen LogP contribution in [0.15, 0.2) is 41.8 Å². The fourth-order valence-electron chi connectivity index (χ4n) is 3.47. The van der Waals surface area contributed by atoms with Crippen LogP contribution in [0.1, 0.15) is 33.8 Å². The molecule has 1 aliphatic rings. The van der Waals surface area contributed by atoms with E-state index in [4.69, 9.17) is 0 Å². The van der Waals surface area contributed by atoms with E-state index in [0.29, 0.717) is 30.8 Å². The van der Waals surface area contributed by atoms with E-state index in [1.807, 2.05) is 28.5 Å². The lowest BCUT2D eigenvalue weighted by Gasteiger charge is -2.27. The second-order valence-corrected chi connectivity index (χ2v) is 7.48. The number of carbonyl (C=O) groups excluding carboxylic acids is 2. The smallest absolute Gasteiger partial charge is 0.261 e. The van der Waals surface area contributed by atoms with Crippen LogP contribution in [-0.2, 0) is 17.8 Å². The van der Waals surface area contributed by atoms with Gasteiger partial charge < -0.3 is 15.2 Å². The van der Waals surface area contributed by atoms with Crippen molar-refractivity contribution >= 4 is 34.1 Å². The first kappa shape index (κ1) is 16.8. The number of aromatic nitrogens is 1. The molecule has 2 N–H and O–H groups in total. The Morgan fingerprint density at radius 3 is 2.92 bits per heavy atom. The number of para-hydroxylation sites is 1. The number of thiophene rings is 1. The summed E-state index contributed by atoms with van der Waals surface area (Å²) in [6.07, 6.45) is 1.99. The topological polar surface area (TPSA) is 65.2 Å². The summed E-state index contributed by atoms with van der Waals surface area (Å²) in [5.74, 6) is 0.0974. The van der Waals surface area contributed by atoms with Gasteiger partial charge in [0.05, 0.1) is 4.88 Å². The lowest BCUT2D eigenvalue weighted by molar-refractivity contribution is -0.132. The molecule has 1 aromatic carbocycles. The molecular formula is C20H21N3O2S. The molecule has 0 unspecified atom stereocenters. The summed E-state index contributed by atoms with van der Waals surface area (Å²) < 4.78 is 0. The predicted molar refractivity (Wildman–Crippen MR) is 103 cm³/mol. The van der Waals surface area contributed by atoms with Gasteiger partial charge in [0.25, 0.3) is 5.91 Å². The summed E-state index contributed by atoms with van der Waals surface area (Å²) in [6.45, 7) is 1.94. The first-order valence-electron chi connectivity index (χ1n) is 8.90. The molecule has 0 radical (unpaired) electrons. The van der Waals surface area contributed by atoms with Crippen LogP contribution >= 0.6 is 11.3 Å². The molecule has 0 saturated heterocycles. The van der Waals surface area contributed by atoms with Gasteiger partial charge in [-0.1, -0.05) is 24.3 Å². The normalized spacial score (nSPS) is 13.6. The van der Waals surface area contributed by atoms with Crippen LogP contribution in [-0.4, -0.2) is 34.8 Å². The number of hydrogen-bond acceptors (Lipinski definition) is 3. The van der Waals surface area contributed by atoms with Crippen molar-refractivity contribution in [2.75, 3.05) is 13.1 Å². The number of H-pyrrole nitrogens is 1. The van der Waals surface area contributed by atoms with Crippen molar-refractivity contribution in [3.8, 4) is 0 Å². The maximum Gasteiger partial charge on any atom is 0.261 e. The second kappa shape index (κ2) is 7.33. The Balaban J connectivity index is 1.30. The number of nitrogens with one attached hydrogen (secondary N) is 2. The first-order valence-corrected chi connectivity index (χ1v) is 9.78. The third kappa shape index (κ3) is 3.37. The van der Waals surface area contributed by atoms with Gasteiger partial charge in [-0.3, -0.25) is 9.59 Å². The van der Waals surface area contributed by atoms with Gasteiger partial charge in [0, 0.05) is 54.6 Å². The number of aromatic amines is 1. The SMILES string of the molecule is O=C(NCCCC(=O)N1CCc2[nH]c3ccccc3c2C1)c1cccs1. The molecule has 6 heteroatoms. The molecular weight excluding hydrogens is 346 g/mol. The predicted octanol–water partition coefficient (Wildman–Crippen LogP) is 3.32. The van der Waals surface area contributed by atoms with Crippen LogP contribution in [0.5, 0.6) is 0 Å². The average Bonchev–Trinajstić information content (AvgIpc) is 3.32. The lowest BCUT2D eigenvalue weighted by Crippen LogP contribution is -2.36. The van der Waals surface area contributed by atoms with Crippen molar-refractivity contribution in [1.29, 1.82) is 0 Å². The maximum absolute atomic E-state index is 12.5. The minimum atomic E-state index is -0.0612. The van der Waals surface area contributed by atoms with Gasteiger partial charge in [0.1, 0.15) is 0 Å². The van der Waals surface area contributed by atoms with Crippen molar-refractivity contribution in [3.63, 3.8) is 0 Å². The van der Waals surface area contributed by atoms with Crippen molar-refractivity contribution in [2.24, 2.45) is 0 Å². The Bertz CT molecular complexity index is 930. The fourth-order valence-corrected chi connectivity index (χ4v) is 4.11. The van der Waals surface area contributed by atoms with Crippen LogP contribution < -0.4 is 5.32 Å². The highest BCUT2D eigenvalue weighted by atomic mass is 32.1. The molecule has 0 atom stereocenters. The molecule has 0 bridgehead atoms. The summed E-state index contributed by atoms with van der Waals surface area (Å²) in [5.41, 5.74) is 3.63. The zero-order chi connectivity index (χ0) is 17.9. The van der Waals surface area contributed by atoms with E-state index in [9.17, 15) is 9.59 Å². The standard InChI is InChI=1S/C20H21N3O2S/c24-19(8-3-10-21-20(25)18-7-4-12-26-18)23-11-9-17-15(13-23)14-5-1-2-6-16(14)22-17/h1-2,4-7,12,22H,3,8-11,13H2,(H,21,25). The highest BCUT2D eigenvalue weighted by molar-refractivity contribution is 7.12. The quantitative estimate of drug-likeness (QED) is 0.680. The largest absolute Gasteiger partial charge is 0.358 e. The highest BCUT2D eigenvalue weighted by Crippen LogP contribution is 2.27. The Kier molecular flexibility index (Phi) is 4.75. The molecule has 5 nitrogen and oxygen atoms in total. The van der Waals surface area contributed by atoms with Crippen molar-refractivity contribution in [1.82, 2.24) is 15.2 Å². The van der Waals surface area contributed by atoms with Crippen LogP contribution in [0.3, 0.4) is 0 Å². The number of carbonyl (C=O) groups is 2. The zero-order valence-corrected chi connectivity index (χ0v) is 15.3. The molecule has 2 amide bonds. The van der Waals surface area contributed by atoms with Gasteiger partial charge in [0.15, 0.2) is 0 Å². The van der Waals surface area contributed by atoms with Gasteiger partial charge in [-0.2, -0.15) is 0 Å². The molecule has 3 heterocycles. The molecule has 3 aromatic rings. The van der Waals surface area contributed by atoms with E-state index in [1.54, 1.807) is 6.07 Å². The van der Waals surface area contributed by atoms with Gasteiger partial charge in [-0.25, -0.2) is 0 Å². The number of amides is 2. The van der Waals surface area contributed by atoms with Gasteiger partial charge in [-0.15, -0.1) is 11.3 Å². The molecule has 0 spiro atoms. The summed E-state index contributed by atoms with van der Waals surface area (Å²) >= 11 is 1.42. The number of hydrogen-bond donors (Lipinski definition) is 2. The van der Waals surface area contributed by atoms with Gasteiger partial charge >= 0.3 is 0 Å². The highest BCUT2D eigenvalue weighted by Gasteiger charge is 2.23. The summed E-state index contributed by atoms with van der Waals surface area (Å²) in [4.78, 5) is 30.5. The molecule has 4 rings (SSSR count). The number of benzene rings is 1. The number of rotatable bonds is 5. The third-order valence-corrected chi connectivity index (χ3v) is 5.70. The van der Waals surface area contributed by atoms with E-state index in [1.165, 1.54) is 28.0 Å². The summed E-state index contributed by atoms with van der Waals surface area (Å²) in [5, 5.41) is 5.97. The van der Waals surface area contributed by atoms with Crippen molar-refractivity contribution in [2.45, 2.75) is 25.8 Å². The average molecular weight is 367 g/mol. The van der Waals surface area contributed by atoms with E-state index in [2.05, 4.69) is 22.4 Å². The molecule has 1 aliphatic heterocycles. The Hall–Kier alpha value is -2.60. The van der Waals surface area contributed by atoms with E-state index >= 15 is 0 Å². The van der Waals surface area contributed by atoms with E-state index in [-0.39, 0.29) is 11.8 Å². The molecule has 134 valence electrons. The van der Waals surface area contributed by atoms with Gasteiger partial charge in [-0.05, 0) is 23.9 Å². The first-order chi connectivity index (χ1) is 12.7. The lowest BCUT2D eigenvalue weighted by atomic mass is 10.0. The molecule has 0 aliphatic carbocycles. The minimum Gasteiger partial charge on any atom is -0.358 e. The van der Waals surface area contributed by atoms with Crippen molar-refractivity contribution < 1.29 is 9.59 Å². The molecule has 0 fully saturated rings. The summed E-state index contributed by atoms with van der Waals surface area (Å²) in [7, 11) is 0. The summed E-state index contributed by atoms with van der Waals surface area (Å²) in [6, 6.07) is 11.9. The molecule has 0 saturated carbocycles. The Morgan fingerprint density at radius 2 is 2.08 bits per heavy atom. The Morgan fingerprint density at radius 1 is 1.19 bits per heavy atom. The van der Waals surface area contributed by atoms with Crippen molar-refractivity contribution in [3.05, 3.63) is 57.9 Å². The van der Waals surface area contributed by atoms with Crippen LogP contribution in [0, 0.1) is 0 Å². The van der Waals surface area contributed by atoms with Crippen LogP contribution in [0.2, 0.25) is 0 Å². The Labute approximate surface area is 156 Å². The fraction of sp³-hybridized carbons (Fsp3) is 0.300. The maximum atomic E-state index is 12.5. The molecule has 2 aromatic heterocycles. The second-order valence-electron chi connectivity index (χ2n) is 6.53. The monoisotopic (exact) mass is 367 g/mol. The third-order valence-electron chi connectivity index (χ3n) is 4.83. The number of fused-ring (bicyclic) bond motifs is 3. The van der Waals surface area contributed by atoms with E-state index in [0.717, 1.165) is 18.5 Å². The van der Waals surface area contributed by atoms with Gasteiger partial charge in [0.2, 0.25) is 5.91 Å². The zero-order valence-electron chi connectivity index (χ0n) is 14.5.